The zero-order valence-electron chi connectivity index (χ0n) is 17.1. The van der Waals surface area contributed by atoms with Crippen molar-refractivity contribution in [2.45, 2.75) is 20.3 Å². The summed E-state index contributed by atoms with van der Waals surface area (Å²) in [6.07, 6.45) is 1.01. The highest BCUT2D eigenvalue weighted by Crippen LogP contribution is 2.27. The molecule has 1 aromatic carbocycles. The first-order valence-corrected chi connectivity index (χ1v) is 10.2. The lowest BCUT2D eigenvalue weighted by Gasteiger charge is -2.26. The van der Waals surface area contributed by atoms with E-state index in [2.05, 4.69) is 45.3 Å². The van der Waals surface area contributed by atoms with Crippen molar-refractivity contribution >= 4 is 22.8 Å². The van der Waals surface area contributed by atoms with Crippen LogP contribution in [0.3, 0.4) is 0 Å². The molecule has 1 saturated heterocycles. The fourth-order valence-electron chi connectivity index (χ4n) is 3.71. The summed E-state index contributed by atoms with van der Waals surface area (Å²) in [6, 6.07) is 10.4. The second-order valence-corrected chi connectivity index (χ2v) is 7.56. The summed E-state index contributed by atoms with van der Waals surface area (Å²) >= 11 is 0. The van der Waals surface area contributed by atoms with Crippen LogP contribution in [0.25, 0.3) is 22.3 Å². The van der Waals surface area contributed by atoms with Crippen molar-refractivity contribution in [1.82, 2.24) is 19.9 Å². The van der Waals surface area contributed by atoms with Gasteiger partial charge in [0.25, 0.3) is 0 Å². The third-order valence-electron chi connectivity index (χ3n) is 5.24. The molecule has 0 bridgehead atoms. The molecule has 0 atom stereocenters. The number of hydrogen-bond acceptors (Lipinski definition) is 7. The van der Waals surface area contributed by atoms with Gasteiger partial charge in [-0.25, -0.2) is 4.98 Å². The van der Waals surface area contributed by atoms with Crippen LogP contribution >= 0.6 is 0 Å². The van der Waals surface area contributed by atoms with Crippen molar-refractivity contribution in [3.8, 4) is 11.3 Å². The zero-order chi connectivity index (χ0) is 20.2. The second kappa shape index (κ2) is 8.71. The molecule has 3 N–H and O–H groups in total. The number of ether oxygens (including phenoxy) is 1. The number of aromatic nitrogens is 3. The molecular weight excluding hydrogens is 364 g/mol. The first-order valence-electron chi connectivity index (χ1n) is 10.2. The van der Waals surface area contributed by atoms with Crippen LogP contribution in [0.15, 0.2) is 30.3 Å². The minimum atomic E-state index is 0.464. The highest BCUT2D eigenvalue weighted by molar-refractivity contribution is 5.91. The van der Waals surface area contributed by atoms with Crippen molar-refractivity contribution in [2.24, 2.45) is 0 Å². The number of aryl methyl sites for hydroxylation is 2. The molecule has 0 radical (unpaired) electrons. The van der Waals surface area contributed by atoms with E-state index in [0.29, 0.717) is 17.4 Å². The summed E-state index contributed by atoms with van der Waals surface area (Å²) in [6.45, 7) is 9.59. The molecule has 1 fully saturated rings. The van der Waals surface area contributed by atoms with Crippen LogP contribution in [-0.2, 0) is 4.74 Å². The quantitative estimate of drug-likeness (QED) is 0.623. The van der Waals surface area contributed by atoms with Crippen molar-refractivity contribution in [3.05, 3.63) is 41.5 Å². The standard InChI is InChI=1S/C22H28N6O/c1-15-5-3-6-17(13-15)18-14-16(2)19-20(23)26-22(27-21(19)25-18)24-7-4-8-28-9-11-29-12-10-28/h3,5-6,13-14H,4,7-12H2,1-2H3,(H3,23,24,25,26,27). The van der Waals surface area contributed by atoms with E-state index < -0.39 is 0 Å². The van der Waals surface area contributed by atoms with Crippen LogP contribution in [-0.4, -0.2) is 59.2 Å². The van der Waals surface area contributed by atoms with Gasteiger partial charge >= 0.3 is 0 Å². The van der Waals surface area contributed by atoms with Gasteiger partial charge in [0.1, 0.15) is 5.82 Å². The number of rotatable bonds is 6. The smallest absolute Gasteiger partial charge is 0.226 e. The number of nitrogens with zero attached hydrogens (tertiary/aromatic N) is 4. The van der Waals surface area contributed by atoms with E-state index in [9.17, 15) is 0 Å². The number of morpholine rings is 1. The highest BCUT2D eigenvalue weighted by atomic mass is 16.5. The van der Waals surface area contributed by atoms with E-state index >= 15 is 0 Å². The Balaban J connectivity index is 1.51. The fourth-order valence-corrected chi connectivity index (χ4v) is 3.71. The van der Waals surface area contributed by atoms with Gasteiger partial charge in [-0.05, 0) is 44.5 Å². The van der Waals surface area contributed by atoms with Crippen molar-refractivity contribution in [3.63, 3.8) is 0 Å². The Morgan fingerprint density at radius 1 is 1.10 bits per heavy atom. The Kier molecular flexibility index (Phi) is 5.87. The molecular formula is C22H28N6O. The monoisotopic (exact) mass is 392 g/mol. The van der Waals surface area contributed by atoms with Gasteiger partial charge in [0.05, 0.1) is 24.3 Å². The van der Waals surface area contributed by atoms with Crippen LogP contribution in [0, 0.1) is 13.8 Å². The maximum Gasteiger partial charge on any atom is 0.226 e. The molecule has 0 spiro atoms. The summed E-state index contributed by atoms with van der Waals surface area (Å²) in [5.74, 6) is 0.997. The van der Waals surface area contributed by atoms with Gasteiger partial charge in [0.15, 0.2) is 5.65 Å². The Bertz CT molecular complexity index is 1000. The molecule has 0 amide bonds. The number of pyridine rings is 1. The topological polar surface area (TPSA) is 89.2 Å². The molecule has 3 heterocycles. The average Bonchev–Trinajstić information content (AvgIpc) is 2.71. The molecule has 2 aromatic heterocycles. The number of fused-ring (bicyclic) bond motifs is 1. The zero-order valence-corrected chi connectivity index (χ0v) is 17.1. The first-order chi connectivity index (χ1) is 14.1. The minimum Gasteiger partial charge on any atom is -0.383 e. The largest absolute Gasteiger partial charge is 0.383 e. The molecule has 0 saturated carbocycles. The minimum absolute atomic E-state index is 0.464. The van der Waals surface area contributed by atoms with E-state index in [4.69, 9.17) is 15.5 Å². The number of nitrogen functional groups attached to an aromatic ring is 1. The number of nitrogens with one attached hydrogen (secondary N) is 1. The van der Waals surface area contributed by atoms with Gasteiger partial charge in [0, 0.05) is 25.2 Å². The lowest BCUT2D eigenvalue weighted by atomic mass is 10.1. The molecule has 7 heteroatoms. The molecule has 29 heavy (non-hydrogen) atoms. The SMILES string of the molecule is Cc1cccc(-c2cc(C)c3c(N)nc(NCCCN4CCOCC4)nc3n2)c1. The number of benzene rings is 1. The molecule has 7 nitrogen and oxygen atoms in total. The lowest BCUT2D eigenvalue weighted by molar-refractivity contribution is 0.0378. The second-order valence-electron chi connectivity index (χ2n) is 7.56. The molecule has 0 unspecified atom stereocenters. The van der Waals surface area contributed by atoms with Gasteiger partial charge in [-0.15, -0.1) is 0 Å². The van der Waals surface area contributed by atoms with Crippen LogP contribution in [0.1, 0.15) is 17.5 Å². The Morgan fingerprint density at radius 2 is 1.93 bits per heavy atom. The van der Waals surface area contributed by atoms with Crippen LogP contribution in [0.2, 0.25) is 0 Å². The first kappa shape index (κ1) is 19.5. The summed E-state index contributed by atoms with van der Waals surface area (Å²) < 4.78 is 5.39. The summed E-state index contributed by atoms with van der Waals surface area (Å²) in [4.78, 5) is 16.3. The van der Waals surface area contributed by atoms with Crippen LogP contribution in [0.5, 0.6) is 0 Å². The van der Waals surface area contributed by atoms with Crippen molar-refractivity contribution in [1.29, 1.82) is 0 Å². The Hall–Kier alpha value is -2.77. The van der Waals surface area contributed by atoms with Crippen molar-refractivity contribution in [2.75, 3.05) is 50.4 Å². The number of anilines is 2. The lowest BCUT2D eigenvalue weighted by Crippen LogP contribution is -2.37. The van der Waals surface area contributed by atoms with Crippen LogP contribution in [0.4, 0.5) is 11.8 Å². The summed E-state index contributed by atoms with van der Waals surface area (Å²) in [7, 11) is 0. The highest BCUT2D eigenvalue weighted by Gasteiger charge is 2.13. The van der Waals surface area contributed by atoms with E-state index in [1.54, 1.807) is 0 Å². The predicted molar refractivity (Wildman–Crippen MR) is 117 cm³/mol. The van der Waals surface area contributed by atoms with E-state index in [-0.39, 0.29) is 0 Å². The van der Waals surface area contributed by atoms with Gasteiger partial charge in [-0.2, -0.15) is 9.97 Å². The van der Waals surface area contributed by atoms with E-state index in [0.717, 1.165) is 68.0 Å². The maximum absolute atomic E-state index is 6.24. The Labute approximate surface area is 171 Å². The molecule has 1 aliphatic rings. The van der Waals surface area contributed by atoms with Gasteiger partial charge < -0.3 is 15.8 Å². The van der Waals surface area contributed by atoms with E-state index in [1.807, 2.05) is 19.1 Å². The van der Waals surface area contributed by atoms with E-state index in [1.165, 1.54) is 5.56 Å². The molecule has 4 rings (SSSR count). The van der Waals surface area contributed by atoms with Crippen LogP contribution < -0.4 is 11.1 Å². The molecule has 152 valence electrons. The summed E-state index contributed by atoms with van der Waals surface area (Å²) in [5.41, 5.74) is 11.1. The number of hydrogen-bond donors (Lipinski definition) is 2. The van der Waals surface area contributed by atoms with Gasteiger partial charge in [-0.1, -0.05) is 23.8 Å². The maximum atomic E-state index is 6.24. The number of nitrogens with two attached hydrogens (primary N) is 1. The molecule has 3 aromatic rings. The van der Waals surface area contributed by atoms with Crippen molar-refractivity contribution < 1.29 is 4.74 Å². The predicted octanol–water partition coefficient (Wildman–Crippen LogP) is 3.03. The Morgan fingerprint density at radius 3 is 2.72 bits per heavy atom. The normalized spacial score (nSPS) is 15.0. The third kappa shape index (κ3) is 4.63. The third-order valence-corrected chi connectivity index (χ3v) is 5.24. The average molecular weight is 393 g/mol. The van der Waals surface area contributed by atoms with Gasteiger partial charge in [-0.3, -0.25) is 4.90 Å². The molecule has 0 aliphatic carbocycles. The molecule has 1 aliphatic heterocycles. The summed E-state index contributed by atoms with van der Waals surface area (Å²) in [5, 5.41) is 4.12. The van der Waals surface area contributed by atoms with Gasteiger partial charge in [0.2, 0.25) is 5.95 Å². The fraction of sp³-hybridized carbons (Fsp3) is 0.409.